The number of carbonyl (C=O) groups excluding carboxylic acids is 1. The molecule has 0 saturated carbocycles. The van der Waals surface area contributed by atoms with Crippen LogP contribution in [-0.4, -0.2) is 21.8 Å². The summed E-state index contributed by atoms with van der Waals surface area (Å²) in [7, 11) is 0. The highest BCUT2D eigenvalue weighted by Crippen LogP contribution is 2.16. The largest absolute Gasteiger partial charge is 0.481 e. The van der Waals surface area contributed by atoms with Gasteiger partial charge in [-0.15, -0.1) is 0 Å². The van der Waals surface area contributed by atoms with Crippen LogP contribution >= 0.6 is 0 Å². The minimum absolute atomic E-state index is 0.205. The smallest absolute Gasteiger partial charge is 0.261 e. The lowest BCUT2D eigenvalue weighted by molar-refractivity contribution is -0.127. The highest BCUT2D eigenvalue weighted by molar-refractivity contribution is 5.80. The Morgan fingerprint density at radius 1 is 1.17 bits per heavy atom. The van der Waals surface area contributed by atoms with Crippen molar-refractivity contribution in [3.63, 3.8) is 0 Å². The second-order valence-corrected chi connectivity index (χ2v) is 6.91. The van der Waals surface area contributed by atoms with E-state index in [1.54, 1.807) is 31.2 Å². The summed E-state index contributed by atoms with van der Waals surface area (Å²) in [6.45, 7) is 6.76. The Balaban J connectivity index is 1.60. The number of rotatable bonds is 7. The third-order valence-electron chi connectivity index (χ3n) is 4.81. The Morgan fingerprint density at radius 2 is 1.86 bits per heavy atom. The Kier molecular flexibility index (Phi) is 6.30. The molecule has 1 N–H and O–H groups in total. The summed E-state index contributed by atoms with van der Waals surface area (Å²) >= 11 is 0. The monoisotopic (exact) mass is 388 g/mol. The molecule has 3 rings (SSSR count). The van der Waals surface area contributed by atoms with E-state index in [-0.39, 0.29) is 5.91 Å². The highest BCUT2D eigenvalue weighted by Gasteiger charge is 2.17. The van der Waals surface area contributed by atoms with Crippen molar-refractivity contribution in [3.8, 4) is 11.8 Å². The van der Waals surface area contributed by atoms with E-state index in [0.717, 1.165) is 17.0 Å². The maximum Gasteiger partial charge on any atom is 0.261 e. The number of nitrogens with one attached hydrogen (secondary N) is 1. The molecule has 1 amide bonds. The molecule has 0 aliphatic heterocycles. The fourth-order valence-electron chi connectivity index (χ4n) is 3.09. The molecule has 0 fully saturated rings. The molecule has 1 aromatic heterocycles. The molecule has 6 heteroatoms. The minimum atomic E-state index is -0.650. The normalized spacial score (nSPS) is 11.5. The molecule has 6 nitrogen and oxygen atoms in total. The summed E-state index contributed by atoms with van der Waals surface area (Å²) in [6, 6.07) is 18.9. The van der Waals surface area contributed by atoms with Gasteiger partial charge in [0.25, 0.3) is 5.91 Å². The number of hydrogen-bond acceptors (Lipinski definition) is 4. The predicted molar refractivity (Wildman–Crippen MR) is 110 cm³/mol. The molecule has 0 aliphatic carbocycles. The molecule has 148 valence electrons. The molecule has 1 heterocycles. The fraction of sp³-hybridized carbons (Fsp3) is 0.261. The number of benzene rings is 2. The van der Waals surface area contributed by atoms with Gasteiger partial charge in [0.05, 0.1) is 23.9 Å². The van der Waals surface area contributed by atoms with Gasteiger partial charge >= 0.3 is 0 Å². The van der Waals surface area contributed by atoms with E-state index in [0.29, 0.717) is 24.4 Å². The van der Waals surface area contributed by atoms with Gasteiger partial charge < -0.3 is 10.1 Å². The Hall–Kier alpha value is -3.59. The lowest BCUT2D eigenvalue weighted by atomic mass is 10.2. The van der Waals surface area contributed by atoms with Crippen LogP contribution in [0, 0.1) is 25.2 Å². The number of carbonyl (C=O) groups is 1. The zero-order chi connectivity index (χ0) is 20.8. The first-order valence-corrected chi connectivity index (χ1v) is 9.49. The van der Waals surface area contributed by atoms with Crippen molar-refractivity contribution in [1.82, 2.24) is 15.1 Å². The van der Waals surface area contributed by atoms with Crippen molar-refractivity contribution < 1.29 is 9.53 Å². The lowest BCUT2D eigenvalue weighted by Crippen LogP contribution is -2.36. The van der Waals surface area contributed by atoms with E-state index in [9.17, 15) is 4.79 Å². The molecule has 0 bridgehead atoms. The Bertz CT molecular complexity index is 1020. The topological polar surface area (TPSA) is 79.9 Å². The minimum Gasteiger partial charge on any atom is -0.481 e. The van der Waals surface area contributed by atoms with Crippen molar-refractivity contribution in [2.75, 3.05) is 0 Å². The average molecular weight is 388 g/mol. The summed E-state index contributed by atoms with van der Waals surface area (Å²) in [5, 5.41) is 16.4. The van der Waals surface area contributed by atoms with E-state index in [2.05, 4.69) is 28.6 Å². The van der Waals surface area contributed by atoms with Gasteiger partial charge in [0, 0.05) is 17.8 Å². The van der Waals surface area contributed by atoms with Gasteiger partial charge in [0.1, 0.15) is 5.75 Å². The van der Waals surface area contributed by atoms with Crippen LogP contribution in [0.5, 0.6) is 5.75 Å². The number of aryl methyl sites for hydroxylation is 1. The third kappa shape index (κ3) is 5.02. The molecule has 0 unspecified atom stereocenters. The summed E-state index contributed by atoms with van der Waals surface area (Å²) in [5.74, 6) is 0.346. The van der Waals surface area contributed by atoms with Crippen molar-refractivity contribution in [3.05, 3.63) is 82.7 Å². The number of nitrogens with zero attached hydrogens (tertiary/aromatic N) is 3. The first-order chi connectivity index (χ1) is 14.0. The quantitative estimate of drug-likeness (QED) is 0.672. The zero-order valence-corrected chi connectivity index (χ0v) is 16.8. The van der Waals surface area contributed by atoms with E-state index in [1.165, 1.54) is 5.56 Å². The van der Waals surface area contributed by atoms with Crippen molar-refractivity contribution in [2.45, 2.75) is 40.0 Å². The van der Waals surface area contributed by atoms with Crippen LogP contribution in [0.4, 0.5) is 0 Å². The SMILES string of the molecule is Cc1nn(Cc2ccccc2)c(C)c1CNC(=O)[C@H](C)Oc1ccc(C#N)cc1. The number of amides is 1. The van der Waals surface area contributed by atoms with Gasteiger partial charge in [-0.1, -0.05) is 30.3 Å². The molecule has 0 saturated heterocycles. The maximum absolute atomic E-state index is 12.4. The van der Waals surface area contributed by atoms with Gasteiger partial charge in [0.15, 0.2) is 6.10 Å². The number of hydrogen-bond donors (Lipinski definition) is 1. The number of ether oxygens (including phenoxy) is 1. The Morgan fingerprint density at radius 3 is 2.52 bits per heavy atom. The molecule has 2 aromatic carbocycles. The average Bonchev–Trinajstić information content (AvgIpc) is 3.00. The molecule has 29 heavy (non-hydrogen) atoms. The van der Waals surface area contributed by atoms with Crippen molar-refractivity contribution in [2.24, 2.45) is 0 Å². The summed E-state index contributed by atoms with van der Waals surface area (Å²) in [6.07, 6.45) is -0.650. The summed E-state index contributed by atoms with van der Waals surface area (Å²) in [5.41, 5.74) is 4.68. The van der Waals surface area contributed by atoms with Crippen molar-refractivity contribution in [1.29, 1.82) is 5.26 Å². The van der Waals surface area contributed by atoms with Crippen LogP contribution in [0.25, 0.3) is 0 Å². The first kappa shape index (κ1) is 20.2. The maximum atomic E-state index is 12.4. The van der Waals surface area contributed by atoms with Gasteiger partial charge in [-0.2, -0.15) is 10.4 Å². The molecule has 0 spiro atoms. The lowest BCUT2D eigenvalue weighted by Gasteiger charge is -2.15. The molecule has 0 radical (unpaired) electrons. The van der Waals surface area contributed by atoms with Crippen LogP contribution in [0.1, 0.15) is 35.0 Å². The molecular formula is C23H24N4O2. The predicted octanol–water partition coefficient (Wildman–Crippen LogP) is 3.50. The molecule has 3 aromatic rings. The Labute approximate surface area is 170 Å². The van der Waals surface area contributed by atoms with Gasteiger partial charge in [-0.3, -0.25) is 9.48 Å². The third-order valence-corrected chi connectivity index (χ3v) is 4.81. The van der Waals surface area contributed by atoms with E-state index < -0.39 is 6.10 Å². The van der Waals surface area contributed by atoms with Crippen LogP contribution in [0.2, 0.25) is 0 Å². The van der Waals surface area contributed by atoms with Crippen LogP contribution < -0.4 is 10.1 Å². The highest BCUT2D eigenvalue weighted by atomic mass is 16.5. The fourth-order valence-corrected chi connectivity index (χ4v) is 3.09. The van der Waals surface area contributed by atoms with Crippen LogP contribution in [0.15, 0.2) is 54.6 Å². The number of nitriles is 1. The number of aromatic nitrogens is 2. The second kappa shape index (κ2) is 9.07. The summed E-state index contributed by atoms with van der Waals surface area (Å²) < 4.78 is 7.63. The van der Waals surface area contributed by atoms with Gasteiger partial charge in [-0.25, -0.2) is 0 Å². The van der Waals surface area contributed by atoms with E-state index in [4.69, 9.17) is 10.00 Å². The second-order valence-electron chi connectivity index (χ2n) is 6.91. The first-order valence-electron chi connectivity index (χ1n) is 9.49. The van der Waals surface area contributed by atoms with E-state index in [1.807, 2.05) is 36.7 Å². The van der Waals surface area contributed by atoms with Crippen LogP contribution in [0.3, 0.4) is 0 Å². The molecule has 1 atom stereocenters. The van der Waals surface area contributed by atoms with E-state index >= 15 is 0 Å². The van der Waals surface area contributed by atoms with Crippen LogP contribution in [-0.2, 0) is 17.9 Å². The van der Waals surface area contributed by atoms with Crippen molar-refractivity contribution >= 4 is 5.91 Å². The molecule has 0 aliphatic rings. The molecular weight excluding hydrogens is 364 g/mol. The standard InChI is InChI=1S/C23H24N4O2/c1-16-22(17(2)27(26-16)15-20-7-5-4-6-8-20)14-25-23(28)18(3)29-21-11-9-19(13-24)10-12-21/h4-12,18H,14-15H2,1-3H3,(H,25,28)/t18-/m0/s1. The summed E-state index contributed by atoms with van der Waals surface area (Å²) in [4.78, 5) is 12.4. The van der Waals surface area contributed by atoms with Gasteiger partial charge in [-0.05, 0) is 50.6 Å². The zero-order valence-electron chi connectivity index (χ0n) is 16.8. The van der Waals surface area contributed by atoms with Gasteiger partial charge in [0.2, 0.25) is 0 Å².